The highest BCUT2D eigenvalue weighted by Gasteiger charge is 2.39. The fourth-order valence-electron chi connectivity index (χ4n) is 3.15. The molecule has 2 aromatic carbocycles. The van der Waals surface area contributed by atoms with Gasteiger partial charge in [-0.15, -0.1) is 0 Å². The van der Waals surface area contributed by atoms with Crippen molar-refractivity contribution in [3.8, 4) is 0 Å². The van der Waals surface area contributed by atoms with E-state index in [2.05, 4.69) is 29.2 Å². The predicted molar refractivity (Wildman–Crippen MR) is 80.4 cm³/mol. The van der Waals surface area contributed by atoms with Gasteiger partial charge in [0.1, 0.15) is 5.82 Å². The fraction of sp³-hybridized carbons (Fsp3) is 0.294. The van der Waals surface area contributed by atoms with Gasteiger partial charge in [0.25, 0.3) is 0 Å². The lowest BCUT2D eigenvalue weighted by Crippen LogP contribution is -2.53. The zero-order valence-corrected chi connectivity index (χ0v) is 11.6. The number of benzene rings is 2. The number of fused-ring (bicyclic) bond motifs is 1. The minimum Gasteiger partial charge on any atom is -0.367 e. The number of hydrogen-bond acceptors (Lipinski definition) is 2. The van der Waals surface area contributed by atoms with Crippen LogP contribution in [0.5, 0.6) is 0 Å². The van der Waals surface area contributed by atoms with Crippen LogP contribution in [-0.2, 0) is 12.8 Å². The Hall–Kier alpha value is -1.87. The van der Waals surface area contributed by atoms with E-state index >= 15 is 0 Å². The third kappa shape index (κ3) is 2.08. The highest BCUT2D eigenvalue weighted by molar-refractivity contribution is 5.52. The molecule has 0 heterocycles. The van der Waals surface area contributed by atoms with Gasteiger partial charge in [0.2, 0.25) is 0 Å². The summed E-state index contributed by atoms with van der Waals surface area (Å²) in [6.45, 7) is 0.550. The molecule has 0 radical (unpaired) electrons. The van der Waals surface area contributed by atoms with Gasteiger partial charge < -0.3 is 10.6 Å². The first-order valence-corrected chi connectivity index (χ1v) is 6.91. The molecule has 20 heavy (non-hydrogen) atoms. The molecule has 3 rings (SSSR count). The number of anilines is 1. The van der Waals surface area contributed by atoms with Crippen molar-refractivity contribution in [2.24, 2.45) is 5.73 Å². The largest absolute Gasteiger partial charge is 0.367 e. The Morgan fingerprint density at radius 3 is 2.30 bits per heavy atom. The Bertz CT molecular complexity index is 599. The molecule has 3 heteroatoms. The molecule has 0 spiro atoms. The molecular weight excluding hydrogens is 251 g/mol. The number of likely N-dealkylation sites (N-methyl/N-ethyl adjacent to an activating group) is 1. The quantitative estimate of drug-likeness (QED) is 0.929. The molecule has 0 amide bonds. The summed E-state index contributed by atoms with van der Waals surface area (Å²) in [6.07, 6.45) is 1.82. The van der Waals surface area contributed by atoms with Crippen LogP contribution < -0.4 is 10.6 Å². The lowest BCUT2D eigenvalue weighted by atomic mass is 9.93. The van der Waals surface area contributed by atoms with Gasteiger partial charge in [0.15, 0.2) is 0 Å². The molecular formula is C17H19FN2. The lowest BCUT2D eigenvalue weighted by Gasteiger charge is -2.39. The van der Waals surface area contributed by atoms with Gasteiger partial charge in [-0.3, -0.25) is 0 Å². The molecule has 0 fully saturated rings. The summed E-state index contributed by atoms with van der Waals surface area (Å²) in [5, 5.41) is 0. The number of hydrogen-bond donors (Lipinski definition) is 1. The monoisotopic (exact) mass is 270 g/mol. The Morgan fingerprint density at radius 2 is 1.75 bits per heavy atom. The van der Waals surface area contributed by atoms with Gasteiger partial charge in [-0.05, 0) is 42.2 Å². The maximum Gasteiger partial charge on any atom is 0.125 e. The first kappa shape index (κ1) is 13.1. The Labute approximate surface area is 119 Å². The van der Waals surface area contributed by atoms with Gasteiger partial charge in [-0.1, -0.05) is 30.3 Å². The van der Waals surface area contributed by atoms with Crippen LogP contribution in [-0.4, -0.2) is 19.1 Å². The summed E-state index contributed by atoms with van der Waals surface area (Å²) in [5.74, 6) is -0.211. The Morgan fingerprint density at radius 1 is 1.10 bits per heavy atom. The Kier molecular flexibility index (Phi) is 3.22. The third-order valence-electron chi connectivity index (χ3n) is 4.44. The van der Waals surface area contributed by atoms with Crippen LogP contribution in [0.3, 0.4) is 0 Å². The topological polar surface area (TPSA) is 29.3 Å². The van der Waals surface area contributed by atoms with E-state index in [1.165, 1.54) is 17.2 Å². The lowest BCUT2D eigenvalue weighted by molar-refractivity contribution is 0.434. The van der Waals surface area contributed by atoms with Crippen molar-refractivity contribution in [1.29, 1.82) is 0 Å². The van der Waals surface area contributed by atoms with Gasteiger partial charge in [0.05, 0.1) is 5.54 Å². The van der Waals surface area contributed by atoms with E-state index in [1.807, 2.05) is 13.1 Å². The molecule has 1 aliphatic carbocycles. The van der Waals surface area contributed by atoms with Crippen LogP contribution in [0.1, 0.15) is 11.1 Å². The second-order valence-electron chi connectivity index (χ2n) is 5.59. The number of nitrogens with two attached hydrogens (primary N) is 1. The summed E-state index contributed by atoms with van der Waals surface area (Å²) < 4.78 is 13.4. The summed E-state index contributed by atoms with van der Waals surface area (Å²) in [4.78, 5) is 2.13. The summed E-state index contributed by atoms with van der Waals surface area (Å²) in [5.41, 5.74) is 9.51. The zero-order chi connectivity index (χ0) is 14.2. The molecule has 0 aromatic heterocycles. The van der Waals surface area contributed by atoms with Crippen LogP contribution in [0.2, 0.25) is 0 Å². The normalized spacial score (nSPS) is 15.9. The van der Waals surface area contributed by atoms with Gasteiger partial charge >= 0.3 is 0 Å². The van der Waals surface area contributed by atoms with Crippen LogP contribution in [0.25, 0.3) is 0 Å². The molecule has 2 nitrogen and oxygen atoms in total. The molecule has 0 bridgehead atoms. The summed E-state index contributed by atoms with van der Waals surface area (Å²) in [7, 11) is 2.01. The smallest absolute Gasteiger partial charge is 0.125 e. The van der Waals surface area contributed by atoms with Crippen molar-refractivity contribution in [2.75, 3.05) is 18.5 Å². The van der Waals surface area contributed by atoms with Crippen molar-refractivity contribution in [1.82, 2.24) is 0 Å². The van der Waals surface area contributed by atoms with Gasteiger partial charge in [-0.25, -0.2) is 4.39 Å². The molecule has 0 aliphatic heterocycles. The first-order valence-electron chi connectivity index (χ1n) is 6.91. The second-order valence-corrected chi connectivity index (χ2v) is 5.59. The highest BCUT2D eigenvalue weighted by atomic mass is 19.1. The molecule has 0 saturated carbocycles. The maximum absolute atomic E-state index is 13.4. The van der Waals surface area contributed by atoms with Gasteiger partial charge in [0, 0.05) is 19.3 Å². The number of nitrogens with zero attached hydrogens (tertiary/aromatic N) is 1. The van der Waals surface area contributed by atoms with Crippen molar-refractivity contribution in [2.45, 2.75) is 18.4 Å². The van der Waals surface area contributed by atoms with E-state index in [0.29, 0.717) is 6.54 Å². The third-order valence-corrected chi connectivity index (χ3v) is 4.44. The number of halogens is 1. The van der Waals surface area contributed by atoms with Crippen LogP contribution >= 0.6 is 0 Å². The fourth-order valence-corrected chi connectivity index (χ4v) is 3.15. The zero-order valence-electron chi connectivity index (χ0n) is 11.6. The van der Waals surface area contributed by atoms with E-state index < -0.39 is 0 Å². The average Bonchev–Trinajstić information content (AvgIpc) is 2.86. The minimum atomic E-state index is -0.211. The molecule has 104 valence electrons. The standard InChI is InChI=1S/C17H19FN2/c1-20(16-8-4-7-15(18)9-16)17(12-19)10-13-5-2-3-6-14(13)11-17/h2-9H,10-12,19H2,1H3. The average molecular weight is 270 g/mol. The predicted octanol–water partition coefficient (Wildman–Crippen LogP) is 2.76. The second kappa shape index (κ2) is 4.91. The molecule has 0 saturated heterocycles. The van der Waals surface area contributed by atoms with Crippen LogP contribution in [0.4, 0.5) is 10.1 Å². The van der Waals surface area contributed by atoms with Crippen molar-refractivity contribution in [3.05, 3.63) is 65.5 Å². The van der Waals surface area contributed by atoms with E-state index in [1.54, 1.807) is 12.1 Å². The minimum absolute atomic E-state index is 0.155. The maximum atomic E-state index is 13.4. The SMILES string of the molecule is CN(c1cccc(F)c1)C1(CN)Cc2ccccc2C1. The Balaban J connectivity index is 1.95. The van der Waals surface area contributed by atoms with E-state index in [4.69, 9.17) is 5.73 Å². The molecule has 1 aliphatic rings. The highest BCUT2D eigenvalue weighted by Crippen LogP contribution is 2.36. The summed E-state index contributed by atoms with van der Waals surface area (Å²) in [6, 6.07) is 15.2. The number of rotatable bonds is 3. The van der Waals surface area contributed by atoms with Crippen molar-refractivity contribution < 1.29 is 4.39 Å². The van der Waals surface area contributed by atoms with Crippen molar-refractivity contribution >= 4 is 5.69 Å². The van der Waals surface area contributed by atoms with E-state index in [-0.39, 0.29) is 11.4 Å². The van der Waals surface area contributed by atoms with Gasteiger partial charge in [-0.2, -0.15) is 0 Å². The van der Waals surface area contributed by atoms with E-state index in [0.717, 1.165) is 18.5 Å². The first-order chi connectivity index (χ1) is 9.64. The summed E-state index contributed by atoms with van der Waals surface area (Å²) >= 11 is 0. The van der Waals surface area contributed by atoms with E-state index in [9.17, 15) is 4.39 Å². The molecule has 0 unspecified atom stereocenters. The van der Waals surface area contributed by atoms with Crippen LogP contribution in [0.15, 0.2) is 48.5 Å². The molecule has 2 N–H and O–H groups in total. The molecule has 0 atom stereocenters. The van der Waals surface area contributed by atoms with Crippen LogP contribution in [0, 0.1) is 5.82 Å². The van der Waals surface area contributed by atoms with Crippen molar-refractivity contribution in [3.63, 3.8) is 0 Å². The molecule has 2 aromatic rings.